The number of nitrogens with two attached hydrogens (primary N) is 1. The minimum Gasteiger partial charge on any atom is -0.444 e. The van der Waals surface area contributed by atoms with Crippen LogP contribution in [0.1, 0.15) is 46.5 Å². The molecule has 0 aromatic rings. The number of hydrogen-bond acceptors (Lipinski definition) is 7. The lowest BCUT2D eigenvalue weighted by atomic mass is 9.86. The minimum atomic E-state index is -0.456. The van der Waals surface area contributed by atoms with Gasteiger partial charge in [-0.15, -0.1) is 0 Å². The van der Waals surface area contributed by atoms with E-state index in [1.807, 2.05) is 20.8 Å². The smallest absolute Gasteiger partial charge is 0.407 e. The maximum Gasteiger partial charge on any atom is 0.407 e. The highest BCUT2D eigenvalue weighted by Gasteiger charge is 2.24. The van der Waals surface area contributed by atoms with Crippen LogP contribution in [0.2, 0.25) is 0 Å². The average Bonchev–Trinajstić information content (AvgIpc) is 2.62. The van der Waals surface area contributed by atoms with Crippen LogP contribution in [-0.2, 0) is 23.7 Å². The molecule has 28 heavy (non-hydrogen) atoms. The van der Waals surface area contributed by atoms with Gasteiger partial charge in [0.15, 0.2) is 0 Å². The molecule has 0 aliphatic heterocycles. The molecule has 0 bridgehead atoms. The van der Waals surface area contributed by atoms with Crippen LogP contribution in [0, 0.1) is 5.92 Å². The third-order valence-electron chi connectivity index (χ3n) is 4.30. The van der Waals surface area contributed by atoms with Crippen molar-refractivity contribution >= 4 is 6.09 Å². The van der Waals surface area contributed by atoms with Crippen LogP contribution < -0.4 is 11.1 Å². The van der Waals surface area contributed by atoms with Crippen LogP contribution in [0.5, 0.6) is 0 Å². The first-order chi connectivity index (χ1) is 13.4. The van der Waals surface area contributed by atoms with Crippen molar-refractivity contribution in [3.8, 4) is 0 Å². The van der Waals surface area contributed by atoms with Gasteiger partial charge in [-0.2, -0.15) is 0 Å². The molecule has 1 aliphatic carbocycles. The molecule has 166 valence electrons. The predicted octanol–water partition coefficient (Wildman–Crippen LogP) is 2.10. The summed E-state index contributed by atoms with van der Waals surface area (Å²) in [7, 11) is 0. The summed E-state index contributed by atoms with van der Waals surface area (Å²) in [5.41, 5.74) is 4.86. The second-order valence-corrected chi connectivity index (χ2v) is 8.06. The molecule has 8 nitrogen and oxygen atoms in total. The predicted molar refractivity (Wildman–Crippen MR) is 107 cm³/mol. The van der Waals surface area contributed by atoms with E-state index in [4.69, 9.17) is 29.4 Å². The summed E-state index contributed by atoms with van der Waals surface area (Å²) in [4.78, 5) is 11.8. The first kappa shape index (κ1) is 25.1. The fourth-order valence-electron chi connectivity index (χ4n) is 2.94. The van der Waals surface area contributed by atoms with E-state index < -0.39 is 5.60 Å². The Morgan fingerprint density at radius 3 is 1.86 bits per heavy atom. The molecule has 8 heteroatoms. The van der Waals surface area contributed by atoms with Crippen LogP contribution in [0.4, 0.5) is 4.79 Å². The fourth-order valence-corrected chi connectivity index (χ4v) is 2.94. The van der Waals surface area contributed by atoms with E-state index in [1.165, 1.54) is 0 Å². The third kappa shape index (κ3) is 14.1. The van der Waals surface area contributed by atoms with Crippen molar-refractivity contribution in [3.05, 3.63) is 0 Å². The first-order valence-electron chi connectivity index (χ1n) is 10.4. The van der Waals surface area contributed by atoms with E-state index in [0.717, 1.165) is 32.3 Å². The summed E-state index contributed by atoms with van der Waals surface area (Å²) < 4.78 is 27.1. The lowest BCUT2D eigenvalue weighted by Gasteiger charge is -2.30. The van der Waals surface area contributed by atoms with Crippen LogP contribution in [0.15, 0.2) is 0 Å². The number of nitrogens with one attached hydrogen (secondary N) is 1. The first-order valence-corrected chi connectivity index (χ1v) is 10.4. The van der Waals surface area contributed by atoms with Crippen LogP contribution >= 0.6 is 0 Å². The summed E-state index contributed by atoms with van der Waals surface area (Å²) >= 11 is 0. The van der Waals surface area contributed by atoms with Crippen molar-refractivity contribution in [1.29, 1.82) is 0 Å². The van der Waals surface area contributed by atoms with Gasteiger partial charge in [0, 0.05) is 19.2 Å². The Morgan fingerprint density at radius 2 is 1.36 bits per heavy atom. The van der Waals surface area contributed by atoms with Gasteiger partial charge in [-0.25, -0.2) is 4.79 Å². The SMILES string of the molecule is CC(C)(C)OC(=O)NC1CCC(COCCOCCOCCOCCN)CC1. The number of alkyl carbamates (subject to hydrolysis) is 1. The number of carbonyl (C=O) groups is 1. The fraction of sp³-hybridized carbons (Fsp3) is 0.950. The Labute approximate surface area is 169 Å². The Hall–Kier alpha value is -0.930. The molecule has 0 unspecified atom stereocenters. The van der Waals surface area contributed by atoms with Crippen molar-refractivity contribution in [2.24, 2.45) is 11.7 Å². The Morgan fingerprint density at radius 1 is 0.857 bits per heavy atom. The quantitative estimate of drug-likeness (QED) is 0.428. The molecule has 0 spiro atoms. The maximum absolute atomic E-state index is 11.8. The van der Waals surface area contributed by atoms with Gasteiger partial charge in [-0.05, 0) is 52.4 Å². The Bertz CT molecular complexity index is 395. The minimum absolute atomic E-state index is 0.204. The van der Waals surface area contributed by atoms with Gasteiger partial charge in [0.1, 0.15) is 5.60 Å². The molecule has 1 fully saturated rings. The lowest BCUT2D eigenvalue weighted by Crippen LogP contribution is -2.41. The topological polar surface area (TPSA) is 101 Å². The molecule has 0 radical (unpaired) electrons. The van der Waals surface area contributed by atoms with Gasteiger partial charge in [-0.1, -0.05) is 0 Å². The van der Waals surface area contributed by atoms with E-state index in [-0.39, 0.29) is 12.1 Å². The normalized spacial score (nSPS) is 20.1. The summed E-state index contributed by atoms with van der Waals surface area (Å²) in [5.74, 6) is 0.550. The van der Waals surface area contributed by atoms with Crippen molar-refractivity contribution in [3.63, 3.8) is 0 Å². The molecule has 0 atom stereocenters. The number of ether oxygens (including phenoxy) is 5. The average molecular weight is 405 g/mol. The second-order valence-electron chi connectivity index (χ2n) is 8.06. The van der Waals surface area contributed by atoms with Crippen LogP contribution in [0.25, 0.3) is 0 Å². The molecular weight excluding hydrogens is 364 g/mol. The third-order valence-corrected chi connectivity index (χ3v) is 4.30. The van der Waals surface area contributed by atoms with Crippen molar-refractivity contribution in [2.45, 2.75) is 58.1 Å². The highest BCUT2D eigenvalue weighted by molar-refractivity contribution is 5.68. The van der Waals surface area contributed by atoms with Gasteiger partial charge in [-0.3, -0.25) is 0 Å². The van der Waals surface area contributed by atoms with Crippen molar-refractivity contribution in [1.82, 2.24) is 5.32 Å². The molecule has 3 N–H and O–H groups in total. The molecular formula is C20H40N2O6. The summed E-state index contributed by atoms with van der Waals surface area (Å²) in [6.07, 6.45) is 3.73. The molecule has 0 saturated heterocycles. The monoisotopic (exact) mass is 404 g/mol. The molecule has 0 heterocycles. The zero-order valence-electron chi connectivity index (χ0n) is 17.9. The zero-order valence-corrected chi connectivity index (χ0v) is 17.9. The standard InChI is InChI=1S/C20H40N2O6/c1-20(2,3)28-19(23)22-18-6-4-17(5-7-18)16-27-15-14-26-13-12-25-11-10-24-9-8-21/h17-18H,4-16,21H2,1-3H3,(H,22,23). The zero-order chi connectivity index (χ0) is 20.7. The van der Waals surface area contributed by atoms with Gasteiger partial charge < -0.3 is 34.7 Å². The maximum atomic E-state index is 11.8. The van der Waals surface area contributed by atoms with E-state index in [1.54, 1.807) is 0 Å². The number of amides is 1. The van der Waals surface area contributed by atoms with Gasteiger partial charge in [0.25, 0.3) is 0 Å². The summed E-state index contributed by atoms with van der Waals surface area (Å²) in [6, 6.07) is 0.204. The van der Waals surface area contributed by atoms with Crippen molar-refractivity contribution in [2.75, 3.05) is 59.4 Å². The largest absolute Gasteiger partial charge is 0.444 e. The lowest BCUT2D eigenvalue weighted by molar-refractivity contribution is -0.00755. The summed E-state index contributed by atoms with van der Waals surface area (Å²) in [6.45, 7) is 10.9. The van der Waals surface area contributed by atoms with E-state index >= 15 is 0 Å². The molecule has 0 aromatic carbocycles. The summed E-state index contributed by atoms with van der Waals surface area (Å²) in [5, 5.41) is 2.96. The van der Waals surface area contributed by atoms with Crippen LogP contribution in [0.3, 0.4) is 0 Å². The van der Waals surface area contributed by atoms with Gasteiger partial charge >= 0.3 is 6.09 Å². The van der Waals surface area contributed by atoms with E-state index in [2.05, 4.69) is 5.32 Å². The highest BCUT2D eigenvalue weighted by atomic mass is 16.6. The molecule has 1 saturated carbocycles. The van der Waals surface area contributed by atoms with E-state index in [0.29, 0.717) is 58.7 Å². The Kier molecular flexibility index (Phi) is 13.4. The molecule has 1 rings (SSSR count). The number of hydrogen-bond donors (Lipinski definition) is 2. The number of carbonyl (C=O) groups excluding carboxylic acids is 1. The number of rotatable bonds is 14. The van der Waals surface area contributed by atoms with E-state index in [9.17, 15) is 4.79 Å². The van der Waals surface area contributed by atoms with Crippen LogP contribution in [-0.4, -0.2) is 77.1 Å². The molecule has 1 amide bonds. The molecule has 0 aromatic heterocycles. The second kappa shape index (κ2) is 15.0. The highest BCUT2D eigenvalue weighted by Crippen LogP contribution is 2.24. The Balaban J connectivity index is 1.90. The van der Waals surface area contributed by atoms with Gasteiger partial charge in [0.05, 0.1) is 46.2 Å². The van der Waals surface area contributed by atoms with Gasteiger partial charge in [0.2, 0.25) is 0 Å². The van der Waals surface area contributed by atoms with Crippen molar-refractivity contribution < 1.29 is 28.5 Å². The molecule has 1 aliphatic rings.